The molecule has 0 saturated heterocycles. The van der Waals surface area contributed by atoms with E-state index in [1.807, 2.05) is 6.92 Å². The van der Waals surface area contributed by atoms with Crippen molar-refractivity contribution in [2.75, 3.05) is 0 Å². The lowest BCUT2D eigenvalue weighted by atomic mass is 10.4. The van der Waals surface area contributed by atoms with Crippen molar-refractivity contribution in [2.24, 2.45) is 7.05 Å². The van der Waals surface area contributed by atoms with E-state index in [1.54, 1.807) is 0 Å². The summed E-state index contributed by atoms with van der Waals surface area (Å²) in [6.07, 6.45) is 0.803. The monoisotopic (exact) mass is 202 g/mol. The van der Waals surface area contributed by atoms with Gasteiger partial charge in [0.25, 0.3) is 5.56 Å². The van der Waals surface area contributed by atoms with Gasteiger partial charge in [-0.2, -0.15) is 0 Å². The molecule has 0 aliphatic carbocycles. The molecule has 0 aliphatic rings. The van der Waals surface area contributed by atoms with E-state index in [0.29, 0.717) is 6.54 Å². The van der Waals surface area contributed by atoms with Gasteiger partial charge in [-0.05, 0) is 6.42 Å². The molecule has 0 radical (unpaired) electrons. The Bertz CT molecular complexity index is 419. The molecular formula is C8H11ClN2O2. The summed E-state index contributed by atoms with van der Waals surface area (Å²) in [5.74, 6) is 0. The fourth-order valence-electron chi connectivity index (χ4n) is 1.07. The zero-order chi connectivity index (χ0) is 10.0. The van der Waals surface area contributed by atoms with Gasteiger partial charge in [-0.3, -0.25) is 13.9 Å². The van der Waals surface area contributed by atoms with Crippen molar-refractivity contribution in [3.05, 3.63) is 32.1 Å². The summed E-state index contributed by atoms with van der Waals surface area (Å²) < 4.78 is 2.42. The Balaban J connectivity index is 3.44. The SMILES string of the molecule is CCCn1c(Cl)cc(=O)n(C)c1=O. The number of rotatable bonds is 2. The molecule has 0 fully saturated rings. The zero-order valence-electron chi connectivity index (χ0n) is 7.58. The normalized spacial score (nSPS) is 10.4. The Morgan fingerprint density at radius 2 is 2.08 bits per heavy atom. The molecule has 0 N–H and O–H groups in total. The smallest absolute Gasteiger partial charge is 0.284 e. The molecule has 1 aromatic rings. The molecule has 72 valence electrons. The highest BCUT2D eigenvalue weighted by molar-refractivity contribution is 6.29. The maximum Gasteiger partial charge on any atom is 0.331 e. The Kier molecular flexibility index (Phi) is 2.93. The van der Waals surface area contributed by atoms with E-state index in [2.05, 4.69) is 0 Å². The quantitative estimate of drug-likeness (QED) is 0.660. The van der Waals surface area contributed by atoms with Crippen molar-refractivity contribution in [1.29, 1.82) is 0 Å². The van der Waals surface area contributed by atoms with E-state index < -0.39 is 0 Å². The van der Waals surface area contributed by atoms with Crippen molar-refractivity contribution < 1.29 is 0 Å². The van der Waals surface area contributed by atoms with Crippen LogP contribution in [0.5, 0.6) is 0 Å². The first-order valence-corrected chi connectivity index (χ1v) is 4.42. The van der Waals surface area contributed by atoms with Gasteiger partial charge in [-0.25, -0.2) is 4.79 Å². The number of hydrogen-bond donors (Lipinski definition) is 0. The summed E-state index contributed by atoms with van der Waals surface area (Å²) in [5, 5.41) is 0.204. The van der Waals surface area contributed by atoms with E-state index in [0.717, 1.165) is 11.0 Å². The summed E-state index contributed by atoms with van der Waals surface area (Å²) in [7, 11) is 1.44. The molecule has 1 heterocycles. The van der Waals surface area contributed by atoms with Crippen molar-refractivity contribution >= 4 is 11.6 Å². The fourth-order valence-corrected chi connectivity index (χ4v) is 1.32. The predicted molar refractivity (Wildman–Crippen MR) is 51.2 cm³/mol. The summed E-state index contributed by atoms with van der Waals surface area (Å²) in [6, 6.07) is 1.25. The molecule has 0 bridgehead atoms. The molecule has 4 nitrogen and oxygen atoms in total. The minimum atomic E-state index is -0.373. The van der Waals surface area contributed by atoms with Crippen LogP contribution in [0.2, 0.25) is 5.15 Å². The Hall–Kier alpha value is -1.03. The van der Waals surface area contributed by atoms with E-state index in [4.69, 9.17) is 11.6 Å². The molecule has 1 rings (SSSR count). The number of nitrogens with zero attached hydrogens (tertiary/aromatic N) is 2. The first-order chi connectivity index (χ1) is 6.07. The second-order valence-corrected chi connectivity index (χ2v) is 3.19. The van der Waals surface area contributed by atoms with Crippen LogP contribution in [0.15, 0.2) is 15.7 Å². The molecule has 0 unspecified atom stereocenters. The van der Waals surface area contributed by atoms with Crippen molar-refractivity contribution in [3.8, 4) is 0 Å². The topological polar surface area (TPSA) is 44.0 Å². The van der Waals surface area contributed by atoms with Gasteiger partial charge in [0.1, 0.15) is 5.15 Å². The maximum atomic E-state index is 11.4. The standard InChI is InChI=1S/C8H11ClN2O2/c1-3-4-11-6(9)5-7(12)10(2)8(11)13/h5H,3-4H2,1-2H3. The fraction of sp³-hybridized carbons (Fsp3) is 0.500. The van der Waals surface area contributed by atoms with Crippen LogP contribution in [0, 0.1) is 0 Å². The minimum Gasteiger partial charge on any atom is -0.284 e. The Morgan fingerprint density at radius 1 is 1.46 bits per heavy atom. The van der Waals surface area contributed by atoms with Crippen LogP contribution in [0.3, 0.4) is 0 Å². The third kappa shape index (κ3) is 1.83. The van der Waals surface area contributed by atoms with Gasteiger partial charge in [0.05, 0.1) is 0 Å². The lowest BCUT2D eigenvalue weighted by Crippen LogP contribution is -2.37. The number of aromatic nitrogens is 2. The van der Waals surface area contributed by atoms with Crippen molar-refractivity contribution in [3.63, 3.8) is 0 Å². The number of hydrogen-bond acceptors (Lipinski definition) is 2. The lowest BCUT2D eigenvalue weighted by molar-refractivity contribution is 0.591. The van der Waals surface area contributed by atoms with Crippen LogP contribution in [0.1, 0.15) is 13.3 Å². The average molecular weight is 203 g/mol. The first kappa shape index (κ1) is 10.1. The molecule has 5 heteroatoms. The van der Waals surface area contributed by atoms with Crippen LogP contribution >= 0.6 is 11.6 Å². The first-order valence-electron chi connectivity index (χ1n) is 4.04. The summed E-state index contributed by atoms with van der Waals surface area (Å²) in [6.45, 7) is 2.47. The highest BCUT2D eigenvalue weighted by Gasteiger charge is 2.05. The summed E-state index contributed by atoms with van der Waals surface area (Å²) >= 11 is 5.74. The van der Waals surface area contributed by atoms with Gasteiger partial charge >= 0.3 is 5.69 Å². The Morgan fingerprint density at radius 3 is 2.62 bits per heavy atom. The van der Waals surface area contributed by atoms with Crippen LogP contribution in [-0.2, 0) is 13.6 Å². The van der Waals surface area contributed by atoms with Crippen LogP contribution in [-0.4, -0.2) is 9.13 Å². The zero-order valence-corrected chi connectivity index (χ0v) is 8.34. The van der Waals surface area contributed by atoms with E-state index in [1.165, 1.54) is 17.7 Å². The second-order valence-electron chi connectivity index (χ2n) is 2.80. The predicted octanol–water partition coefficient (Wildman–Crippen LogP) is 0.610. The van der Waals surface area contributed by atoms with E-state index >= 15 is 0 Å². The highest BCUT2D eigenvalue weighted by Crippen LogP contribution is 2.01. The second kappa shape index (κ2) is 3.79. The van der Waals surface area contributed by atoms with Gasteiger partial charge in [-0.15, -0.1) is 0 Å². The van der Waals surface area contributed by atoms with Gasteiger partial charge in [0.2, 0.25) is 0 Å². The molecule has 13 heavy (non-hydrogen) atoms. The Labute approximate surface area is 80.4 Å². The molecule has 1 aromatic heterocycles. The van der Waals surface area contributed by atoms with Crippen molar-refractivity contribution in [1.82, 2.24) is 9.13 Å². The third-order valence-corrected chi connectivity index (χ3v) is 2.11. The molecule has 0 saturated carbocycles. The summed E-state index contributed by atoms with van der Waals surface area (Å²) in [4.78, 5) is 22.5. The summed E-state index contributed by atoms with van der Waals surface area (Å²) in [5.41, 5.74) is -0.735. The lowest BCUT2D eigenvalue weighted by Gasteiger charge is -2.07. The third-order valence-electron chi connectivity index (χ3n) is 1.80. The van der Waals surface area contributed by atoms with Gasteiger partial charge in [-0.1, -0.05) is 18.5 Å². The van der Waals surface area contributed by atoms with Gasteiger partial charge < -0.3 is 0 Å². The number of halogens is 1. The minimum absolute atomic E-state index is 0.204. The van der Waals surface area contributed by atoms with Crippen LogP contribution < -0.4 is 11.2 Å². The van der Waals surface area contributed by atoms with Crippen molar-refractivity contribution in [2.45, 2.75) is 19.9 Å². The average Bonchev–Trinajstić information content (AvgIpc) is 2.09. The molecule has 0 aliphatic heterocycles. The van der Waals surface area contributed by atoms with Crippen LogP contribution in [0.25, 0.3) is 0 Å². The van der Waals surface area contributed by atoms with E-state index in [-0.39, 0.29) is 16.4 Å². The molecule has 0 spiro atoms. The molecule has 0 atom stereocenters. The molecule has 0 aromatic carbocycles. The van der Waals surface area contributed by atoms with Gasteiger partial charge in [0, 0.05) is 19.7 Å². The maximum absolute atomic E-state index is 11.4. The largest absolute Gasteiger partial charge is 0.331 e. The van der Waals surface area contributed by atoms with E-state index in [9.17, 15) is 9.59 Å². The van der Waals surface area contributed by atoms with Gasteiger partial charge in [0.15, 0.2) is 0 Å². The molecule has 0 amide bonds. The highest BCUT2D eigenvalue weighted by atomic mass is 35.5. The van der Waals surface area contributed by atoms with Crippen LogP contribution in [0.4, 0.5) is 0 Å². The molecular weight excluding hydrogens is 192 g/mol.